The van der Waals surface area contributed by atoms with Crippen molar-refractivity contribution in [1.29, 1.82) is 0 Å². The molecule has 8 heteroatoms. The van der Waals surface area contributed by atoms with E-state index in [4.69, 9.17) is 14.2 Å². The van der Waals surface area contributed by atoms with Gasteiger partial charge in [-0.2, -0.15) is 0 Å². The highest BCUT2D eigenvalue weighted by Crippen LogP contribution is 2.48. The Morgan fingerprint density at radius 2 is 1.94 bits per heavy atom. The van der Waals surface area contributed by atoms with Crippen LogP contribution in [0.4, 0.5) is 4.79 Å². The Balaban J connectivity index is 1.69. The number of aliphatic hydroxyl groups excluding tert-OH is 1. The van der Waals surface area contributed by atoms with Crippen molar-refractivity contribution in [2.45, 2.75) is 51.3 Å². The number of hydrogen-bond acceptors (Lipinski definition) is 6. The van der Waals surface area contributed by atoms with Gasteiger partial charge in [0.2, 0.25) is 0 Å². The number of aliphatic hydroxyl groups is 1. The standard InChI is InChI=1S/C24H27NO7/c1-23(2)11-18(26)20(31-22(29)25-3)24(13-23)30-12-15-10-14(8-9-19(15)32-24)16-6-4-5-7-17(16)21(27)28/h4-10,18,20,26H,11-13H2,1-3H3,(H,25,29)(H,27,28)/t18-,20-,24-/m0/s1. The van der Waals surface area contributed by atoms with Crippen LogP contribution in [0.2, 0.25) is 0 Å². The molecule has 0 saturated heterocycles. The van der Waals surface area contributed by atoms with Crippen LogP contribution in [0.1, 0.15) is 42.6 Å². The molecule has 2 aromatic carbocycles. The molecule has 2 aliphatic rings. The molecule has 170 valence electrons. The lowest BCUT2D eigenvalue weighted by molar-refractivity contribution is -0.304. The smallest absolute Gasteiger partial charge is 0.407 e. The van der Waals surface area contributed by atoms with Crippen LogP contribution >= 0.6 is 0 Å². The SMILES string of the molecule is CNC(=O)O[C@H]1[C@@H](O)CC(C)(C)C[C@@]12OCc1cc(-c3ccccc3C(=O)O)ccc1O2. The third-order valence-electron chi connectivity index (χ3n) is 5.99. The number of carboxylic acids is 1. The monoisotopic (exact) mass is 441 g/mol. The zero-order valence-electron chi connectivity index (χ0n) is 18.3. The number of ether oxygens (including phenoxy) is 3. The molecule has 1 aliphatic heterocycles. The van der Waals surface area contributed by atoms with E-state index in [1.54, 1.807) is 36.4 Å². The Morgan fingerprint density at radius 1 is 1.19 bits per heavy atom. The lowest BCUT2D eigenvalue weighted by Crippen LogP contribution is -2.64. The second-order valence-electron chi connectivity index (χ2n) is 9.06. The van der Waals surface area contributed by atoms with E-state index in [-0.39, 0.29) is 17.6 Å². The van der Waals surface area contributed by atoms with E-state index in [1.165, 1.54) is 7.05 Å². The number of benzene rings is 2. The summed E-state index contributed by atoms with van der Waals surface area (Å²) in [5, 5.41) is 22.7. The van der Waals surface area contributed by atoms with Crippen molar-refractivity contribution in [3.63, 3.8) is 0 Å². The maximum Gasteiger partial charge on any atom is 0.407 e. The molecule has 3 N–H and O–H groups in total. The molecule has 1 heterocycles. The van der Waals surface area contributed by atoms with E-state index in [9.17, 15) is 19.8 Å². The van der Waals surface area contributed by atoms with E-state index in [0.717, 1.165) is 11.1 Å². The van der Waals surface area contributed by atoms with Gasteiger partial charge in [0, 0.05) is 19.0 Å². The summed E-state index contributed by atoms with van der Waals surface area (Å²) in [7, 11) is 1.45. The van der Waals surface area contributed by atoms with Crippen molar-refractivity contribution in [1.82, 2.24) is 5.32 Å². The molecule has 8 nitrogen and oxygen atoms in total. The molecule has 1 saturated carbocycles. The summed E-state index contributed by atoms with van der Waals surface area (Å²) in [5.41, 5.74) is 1.97. The van der Waals surface area contributed by atoms with Gasteiger partial charge in [0.25, 0.3) is 5.79 Å². The molecule has 0 aromatic heterocycles. The molecular formula is C24H27NO7. The molecular weight excluding hydrogens is 414 g/mol. The minimum atomic E-state index is -1.33. The molecule has 1 spiro atoms. The van der Waals surface area contributed by atoms with Crippen molar-refractivity contribution < 1.29 is 34.0 Å². The van der Waals surface area contributed by atoms with Gasteiger partial charge in [0.15, 0.2) is 6.10 Å². The summed E-state index contributed by atoms with van der Waals surface area (Å²) >= 11 is 0. The molecule has 1 aliphatic carbocycles. The molecule has 0 unspecified atom stereocenters. The number of carbonyl (C=O) groups excluding carboxylic acids is 1. The van der Waals surface area contributed by atoms with E-state index >= 15 is 0 Å². The van der Waals surface area contributed by atoms with E-state index < -0.39 is 30.1 Å². The van der Waals surface area contributed by atoms with Crippen LogP contribution in [0.3, 0.4) is 0 Å². The summed E-state index contributed by atoms with van der Waals surface area (Å²) in [4.78, 5) is 23.6. The van der Waals surface area contributed by atoms with Crippen molar-refractivity contribution in [2.24, 2.45) is 5.41 Å². The molecule has 32 heavy (non-hydrogen) atoms. The highest BCUT2D eigenvalue weighted by Gasteiger charge is 2.58. The number of nitrogens with one attached hydrogen (secondary N) is 1. The average Bonchev–Trinajstić information content (AvgIpc) is 2.75. The molecule has 3 atom stereocenters. The lowest BCUT2D eigenvalue weighted by Gasteiger charge is -2.51. The zero-order chi connectivity index (χ0) is 23.1. The minimum Gasteiger partial charge on any atom is -0.478 e. The number of fused-ring (bicyclic) bond motifs is 1. The van der Waals surface area contributed by atoms with Gasteiger partial charge in [-0.15, -0.1) is 0 Å². The normalized spacial score (nSPS) is 26.0. The Bertz CT molecular complexity index is 1050. The minimum absolute atomic E-state index is 0.162. The highest BCUT2D eigenvalue weighted by atomic mass is 16.7. The van der Waals surface area contributed by atoms with Crippen LogP contribution in [0.25, 0.3) is 11.1 Å². The predicted molar refractivity (Wildman–Crippen MR) is 115 cm³/mol. The second-order valence-corrected chi connectivity index (χ2v) is 9.06. The number of carboxylic acid groups (broad SMARTS) is 1. The largest absolute Gasteiger partial charge is 0.478 e. The molecule has 1 amide bonds. The predicted octanol–water partition coefficient (Wildman–Crippen LogP) is 3.56. The molecule has 0 radical (unpaired) electrons. The number of carbonyl (C=O) groups is 2. The van der Waals surface area contributed by atoms with Crippen molar-refractivity contribution in [2.75, 3.05) is 7.05 Å². The van der Waals surface area contributed by atoms with Crippen LogP contribution in [0, 0.1) is 5.41 Å². The zero-order valence-corrected chi connectivity index (χ0v) is 18.3. The third kappa shape index (κ3) is 4.03. The van der Waals surface area contributed by atoms with Crippen molar-refractivity contribution in [3.8, 4) is 16.9 Å². The first-order valence-electron chi connectivity index (χ1n) is 10.5. The fraction of sp³-hybridized carbons (Fsp3) is 0.417. The Hall–Kier alpha value is -3.10. The average molecular weight is 441 g/mol. The first-order valence-corrected chi connectivity index (χ1v) is 10.5. The Labute approximate surface area is 186 Å². The van der Waals surface area contributed by atoms with Gasteiger partial charge >= 0.3 is 12.1 Å². The van der Waals surface area contributed by atoms with Crippen LogP contribution in [-0.2, 0) is 16.1 Å². The number of alkyl carbamates (subject to hydrolysis) is 1. The van der Waals surface area contributed by atoms with E-state index in [0.29, 0.717) is 24.2 Å². The van der Waals surface area contributed by atoms with Gasteiger partial charge in [0.1, 0.15) is 5.75 Å². The van der Waals surface area contributed by atoms with E-state index in [2.05, 4.69) is 5.32 Å². The summed E-state index contributed by atoms with van der Waals surface area (Å²) < 4.78 is 17.9. The second kappa shape index (κ2) is 8.11. The molecule has 1 fully saturated rings. The summed E-state index contributed by atoms with van der Waals surface area (Å²) in [6.45, 7) is 4.17. The maximum absolute atomic E-state index is 11.9. The fourth-order valence-corrected chi connectivity index (χ4v) is 4.67. The molecule has 2 aromatic rings. The Morgan fingerprint density at radius 3 is 2.66 bits per heavy atom. The maximum atomic E-state index is 11.9. The van der Waals surface area contributed by atoms with Gasteiger partial charge in [-0.1, -0.05) is 38.1 Å². The van der Waals surface area contributed by atoms with Crippen molar-refractivity contribution in [3.05, 3.63) is 53.6 Å². The number of hydrogen-bond donors (Lipinski definition) is 3. The van der Waals surface area contributed by atoms with Gasteiger partial charge in [-0.25, -0.2) is 9.59 Å². The van der Waals surface area contributed by atoms with Crippen LogP contribution in [0.15, 0.2) is 42.5 Å². The van der Waals surface area contributed by atoms with E-state index in [1.807, 2.05) is 19.9 Å². The van der Waals surface area contributed by atoms with Crippen LogP contribution in [0.5, 0.6) is 5.75 Å². The quantitative estimate of drug-likeness (QED) is 0.667. The van der Waals surface area contributed by atoms with Gasteiger partial charge in [-0.05, 0) is 41.2 Å². The van der Waals surface area contributed by atoms with Crippen LogP contribution < -0.4 is 10.1 Å². The topological polar surface area (TPSA) is 114 Å². The first-order chi connectivity index (χ1) is 15.1. The van der Waals surface area contributed by atoms with Gasteiger partial charge in [-0.3, -0.25) is 0 Å². The molecule has 0 bridgehead atoms. The van der Waals surface area contributed by atoms with Crippen molar-refractivity contribution >= 4 is 12.1 Å². The molecule has 4 rings (SSSR count). The van der Waals surface area contributed by atoms with Crippen LogP contribution in [-0.4, -0.2) is 47.3 Å². The summed E-state index contributed by atoms with van der Waals surface area (Å²) in [5.74, 6) is -1.79. The lowest BCUT2D eigenvalue weighted by atomic mass is 9.71. The highest BCUT2D eigenvalue weighted by molar-refractivity contribution is 5.96. The summed E-state index contributed by atoms with van der Waals surface area (Å²) in [6, 6.07) is 12.2. The van der Waals surface area contributed by atoms with Gasteiger partial charge < -0.3 is 29.7 Å². The number of rotatable bonds is 3. The number of amides is 1. The first kappa shape index (κ1) is 22.1. The summed E-state index contributed by atoms with van der Waals surface area (Å²) in [6.07, 6.45) is -1.79. The third-order valence-corrected chi connectivity index (χ3v) is 5.99. The fourth-order valence-electron chi connectivity index (χ4n) is 4.67. The number of aromatic carboxylic acids is 1. The Kier molecular flexibility index (Phi) is 5.60. The van der Waals surface area contributed by atoms with Gasteiger partial charge in [0.05, 0.1) is 18.3 Å².